The van der Waals surface area contributed by atoms with Crippen LogP contribution in [-0.4, -0.2) is 42.6 Å². The van der Waals surface area contributed by atoms with E-state index in [0.29, 0.717) is 11.5 Å². The van der Waals surface area contributed by atoms with Crippen LogP contribution in [0.4, 0.5) is 0 Å². The Morgan fingerprint density at radius 1 is 0.315 bits per heavy atom. The Morgan fingerprint density at radius 2 is 0.507 bits per heavy atom. The van der Waals surface area contributed by atoms with Crippen LogP contribution in [0.5, 0.6) is 0 Å². The molecule has 0 aromatic heterocycles. The Bertz CT molecular complexity index is 1100. The minimum absolute atomic E-state index is 0.217. The molecule has 0 N–H and O–H groups in total. The number of allylic oxidation sites excluding steroid dienone is 2. The number of rotatable bonds is 60. The third kappa shape index (κ3) is 49.9. The monoisotopic (exact) mass is 1170 g/mol. The predicted octanol–water partition coefficient (Wildman–Crippen LogP) is 23.3. The third-order valence-electron chi connectivity index (χ3n) is 15.6. The van der Waals surface area contributed by atoms with Crippen LogP contribution in [0.25, 0.3) is 0 Å². The van der Waals surface area contributed by atoms with Gasteiger partial charge in [-0.05, 0) is 0 Å². The molecule has 4 nitrogen and oxygen atoms in total. The molecule has 0 bridgehead atoms. The van der Waals surface area contributed by atoms with Crippen molar-refractivity contribution in [3.05, 3.63) is 24.3 Å². The molecule has 0 amide bonds. The number of thiol groups is 2. The van der Waals surface area contributed by atoms with Crippen LogP contribution in [0.2, 0.25) is 8.87 Å². The zero-order valence-corrected chi connectivity index (χ0v) is 54.3. The summed E-state index contributed by atoms with van der Waals surface area (Å²) in [7, 11) is 0. The van der Waals surface area contributed by atoms with E-state index >= 15 is 0 Å². The Kier molecular flexibility index (Phi) is 59.5. The first-order chi connectivity index (χ1) is 35.9. The maximum atomic E-state index is 14.3. The number of carbonyl (C=O) groups is 2. The van der Waals surface area contributed by atoms with E-state index < -0.39 is 31.0 Å². The second-order valence-corrected chi connectivity index (χ2v) is 32.8. The van der Waals surface area contributed by atoms with Crippen molar-refractivity contribution < 1.29 is 15.7 Å². The van der Waals surface area contributed by atoms with Gasteiger partial charge in [0.2, 0.25) is 0 Å². The van der Waals surface area contributed by atoms with Gasteiger partial charge in [-0.15, -0.1) is 0 Å². The molecule has 0 aromatic rings. The van der Waals surface area contributed by atoms with Crippen molar-refractivity contribution in [2.45, 2.75) is 358 Å². The quantitative estimate of drug-likeness (QED) is 0.0276. The average molecular weight is 1170 g/mol. The van der Waals surface area contributed by atoms with Crippen LogP contribution in [-0.2, 0) is 15.7 Å². The summed E-state index contributed by atoms with van der Waals surface area (Å²) in [5.74, 6) is -0.466. The molecule has 432 valence electrons. The van der Waals surface area contributed by atoms with Crippen LogP contribution in [0.15, 0.2) is 24.3 Å². The van der Waals surface area contributed by atoms with Gasteiger partial charge in [0.15, 0.2) is 0 Å². The van der Waals surface area contributed by atoms with Crippen molar-refractivity contribution in [3.63, 3.8) is 0 Å². The summed E-state index contributed by atoms with van der Waals surface area (Å²) >= 11 is 5.08. The van der Waals surface area contributed by atoms with Gasteiger partial charge in [0.05, 0.1) is 0 Å². The van der Waals surface area contributed by atoms with Gasteiger partial charge in [-0.2, -0.15) is 0 Å². The van der Waals surface area contributed by atoms with E-state index in [2.05, 4.69) is 39.8 Å². The van der Waals surface area contributed by atoms with Gasteiger partial charge in [-0.1, -0.05) is 117 Å². The van der Waals surface area contributed by atoms with E-state index in [4.69, 9.17) is 31.4 Å². The topological polar surface area (TPSA) is 52.6 Å². The molecule has 2 unspecified atom stereocenters. The summed E-state index contributed by atoms with van der Waals surface area (Å²) in [6.07, 6.45) is 73.3. The SMILES string of the molecule is CCCCCCCCCCCCCCCCC=CC(CS)C(=O)[O][Sn]([CH2]CCCCCCCCCCC)([CH2]CCCCCCCCCCC)[O]C(=O)C(C=CCCCCCCCCCCCCCCCC)CS. The van der Waals surface area contributed by atoms with Gasteiger partial charge in [0.25, 0.3) is 0 Å². The molecular weight excluding hydrogens is 1040 g/mol. The number of unbranched alkanes of at least 4 members (excludes halogenated alkanes) is 46. The summed E-state index contributed by atoms with van der Waals surface area (Å²) in [4.78, 5) is 28.6. The molecular formula is C66H128O4S2Sn. The van der Waals surface area contributed by atoms with Crippen molar-refractivity contribution >= 4 is 56.4 Å². The fourth-order valence-electron chi connectivity index (χ4n) is 10.5. The van der Waals surface area contributed by atoms with Gasteiger partial charge in [-0.25, -0.2) is 0 Å². The third-order valence-corrected chi connectivity index (χ3v) is 26.0. The first-order valence-corrected chi connectivity index (χ1v) is 40.6. The van der Waals surface area contributed by atoms with Crippen molar-refractivity contribution in [1.82, 2.24) is 0 Å². The van der Waals surface area contributed by atoms with Crippen LogP contribution >= 0.6 is 25.3 Å². The Balaban J connectivity index is 5.58. The number of hydrogen-bond donors (Lipinski definition) is 2. The average Bonchev–Trinajstić information content (AvgIpc) is 3.39. The molecule has 0 rings (SSSR count). The molecule has 2 atom stereocenters. The molecule has 7 heteroatoms. The molecule has 0 fully saturated rings. The van der Waals surface area contributed by atoms with Crippen molar-refractivity contribution in [2.24, 2.45) is 11.8 Å². The molecule has 0 heterocycles. The predicted molar refractivity (Wildman–Crippen MR) is 334 cm³/mol. The van der Waals surface area contributed by atoms with E-state index in [-0.39, 0.29) is 11.9 Å². The Hall–Kier alpha value is -0.0813. The van der Waals surface area contributed by atoms with Gasteiger partial charge in [-0.3, -0.25) is 0 Å². The summed E-state index contributed by atoms with van der Waals surface area (Å²) in [5, 5.41) is 0. The van der Waals surface area contributed by atoms with Crippen molar-refractivity contribution in [1.29, 1.82) is 0 Å². The fourth-order valence-corrected chi connectivity index (χ4v) is 20.5. The second kappa shape index (κ2) is 59.6. The van der Waals surface area contributed by atoms with Crippen LogP contribution in [0.3, 0.4) is 0 Å². The van der Waals surface area contributed by atoms with Crippen LogP contribution in [0.1, 0.15) is 349 Å². The van der Waals surface area contributed by atoms with E-state index in [1.807, 2.05) is 12.2 Å². The molecule has 0 saturated carbocycles. The van der Waals surface area contributed by atoms with Crippen LogP contribution in [0, 0.1) is 11.8 Å². The van der Waals surface area contributed by atoms with E-state index in [1.54, 1.807) is 0 Å². The maximum absolute atomic E-state index is 14.3. The molecule has 0 spiro atoms. The van der Waals surface area contributed by atoms with Crippen LogP contribution < -0.4 is 0 Å². The van der Waals surface area contributed by atoms with Crippen molar-refractivity contribution in [3.8, 4) is 0 Å². The van der Waals surface area contributed by atoms with Crippen molar-refractivity contribution in [2.75, 3.05) is 11.5 Å². The Labute approximate surface area is 474 Å². The molecule has 0 saturated heterocycles. The van der Waals surface area contributed by atoms with Gasteiger partial charge >= 0.3 is 361 Å². The number of hydrogen-bond acceptors (Lipinski definition) is 6. The molecule has 0 aliphatic rings. The van der Waals surface area contributed by atoms with E-state index in [1.165, 1.54) is 270 Å². The van der Waals surface area contributed by atoms with Gasteiger partial charge < -0.3 is 0 Å². The fraction of sp³-hybridized carbons (Fsp3) is 0.909. The van der Waals surface area contributed by atoms with Gasteiger partial charge in [0.1, 0.15) is 0 Å². The summed E-state index contributed by atoms with van der Waals surface area (Å²) in [5.41, 5.74) is 0. The Morgan fingerprint density at radius 3 is 0.712 bits per heavy atom. The number of carbonyl (C=O) groups excluding carboxylic acids is 2. The molecule has 73 heavy (non-hydrogen) atoms. The van der Waals surface area contributed by atoms with E-state index in [0.717, 1.165) is 60.2 Å². The normalized spacial score (nSPS) is 12.9. The zero-order valence-electron chi connectivity index (χ0n) is 49.7. The standard InChI is InChI=1S/2C21H40O2S.2C12H25.Sn/c2*1-2-3-4-5-6-7-8-9-10-11-12-13-14-15-16-17-18-20(19-24)21(22)23;2*1-3-5-7-9-11-12-10-8-6-4-2;/h2*17-18,20,24H,2-16,19H2,1H3,(H,22,23);2*1,3-12H2,2H3;/q;;;;+2/p-2. The first kappa shape index (κ1) is 72.9. The summed E-state index contributed by atoms with van der Waals surface area (Å²) in [6, 6.07) is 0. The first-order valence-electron chi connectivity index (χ1n) is 32.9. The summed E-state index contributed by atoms with van der Waals surface area (Å²) < 4.78 is 15.1. The molecule has 0 aliphatic heterocycles. The van der Waals surface area contributed by atoms with Gasteiger partial charge in [0, 0.05) is 0 Å². The molecule has 0 aliphatic carbocycles. The minimum atomic E-state index is -4.30. The van der Waals surface area contributed by atoms with E-state index in [9.17, 15) is 9.59 Å². The summed E-state index contributed by atoms with van der Waals surface area (Å²) in [6.45, 7) is 9.15. The molecule has 0 radical (unpaired) electrons. The second-order valence-electron chi connectivity index (χ2n) is 22.8. The molecule has 0 aromatic carbocycles. The zero-order chi connectivity index (χ0) is 53.2.